The number of fused-ring (bicyclic) bond motifs is 4. The lowest BCUT2D eigenvalue weighted by Crippen LogP contribution is -2.35. The van der Waals surface area contributed by atoms with Gasteiger partial charge in [-0.05, 0) is 31.5 Å². The van der Waals surface area contributed by atoms with Crippen LogP contribution in [-0.4, -0.2) is 22.5 Å². The van der Waals surface area contributed by atoms with E-state index < -0.39 is 6.04 Å². The number of rotatable bonds is 4. The highest BCUT2D eigenvalue weighted by atomic mass is 32.1. The highest BCUT2D eigenvalue weighted by molar-refractivity contribution is 7.26. The summed E-state index contributed by atoms with van der Waals surface area (Å²) in [5.41, 5.74) is 1.07. The van der Waals surface area contributed by atoms with Crippen molar-refractivity contribution in [2.24, 2.45) is 0 Å². The minimum absolute atomic E-state index is 0.164. The summed E-state index contributed by atoms with van der Waals surface area (Å²) in [7, 11) is 0. The molecule has 7 nitrogen and oxygen atoms in total. The number of nitrogens with zero attached hydrogens (tertiary/aromatic N) is 2. The molecule has 0 radical (unpaired) electrons. The average Bonchev–Trinajstić information content (AvgIpc) is 3.36. The SMILES string of the molecule is CC[C@@H](C(=O)Nc1ccc2c(c1)OCO2)n1nc(C)c2sc3ccccc3c2c1=O. The lowest BCUT2D eigenvalue weighted by molar-refractivity contribution is -0.119. The van der Waals surface area contributed by atoms with Gasteiger partial charge in [0.1, 0.15) is 6.04 Å². The van der Waals surface area contributed by atoms with Gasteiger partial charge in [0.2, 0.25) is 12.7 Å². The van der Waals surface area contributed by atoms with E-state index in [4.69, 9.17) is 9.47 Å². The number of aromatic nitrogens is 2. The molecule has 30 heavy (non-hydrogen) atoms. The predicted molar refractivity (Wildman–Crippen MR) is 117 cm³/mol. The molecule has 8 heteroatoms. The quantitative estimate of drug-likeness (QED) is 0.533. The van der Waals surface area contributed by atoms with Crippen LogP contribution in [0.2, 0.25) is 0 Å². The zero-order valence-electron chi connectivity index (χ0n) is 16.5. The van der Waals surface area contributed by atoms with Crippen LogP contribution in [0.15, 0.2) is 47.3 Å². The second-order valence-corrected chi connectivity index (χ2v) is 8.17. The standard InChI is InChI=1S/C22H19N3O4S/c1-3-15(21(26)23-13-8-9-16-17(10-13)29-11-28-16)25-22(27)19-14-6-4-5-7-18(14)30-20(19)12(2)24-25/h4-10,15H,3,11H2,1-2H3,(H,23,26)/t15-/m0/s1. The molecular formula is C22H19N3O4S. The van der Waals surface area contributed by atoms with Crippen molar-refractivity contribution < 1.29 is 14.3 Å². The molecule has 2 aromatic heterocycles. The van der Waals surface area contributed by atoms with E-state index in [2.05, 4.69) is 10.4 Å². The molecule has 0 saturated heterocycles. The Morgan fingerprint density at radius 3 is 2.87 bits per heavy atom. The lowest BCUT2D eigenvalue weighted by atomic mass is 10.1. The van der Waals surface area contributed by atoms with E-state index in [0.29, 0.717) is 29.0 Å². The summed E-state index contributed by atoms with van der Waals surface area (Å²) >= 11 is 1.55. The number of carbonyl (C=O) groups is 1. The Hall–Kier alpha value is -3.39. The topological polar surface area (TPSA) is 82.4 Å². The summed E-state index contributed by atoms with van der Waals surface area (Å²) < 4.78 is 13.9. The Kier molecular flexibility index (Phi) is 4.43. The molecule has 0 aliphatic carbocycles. The van der Waals surface area contributed by atoms with Crippen molar-refractivity contribution in [1.29, 1.82) is 0 Å². The molecule has 1 N–H and O–H groups in total. The lowest BCUT2D eigenvalue weighted by Gasteiger charge is -2.18. The van der Waals surface area contributed by atoms with Crippen LogP contribution in [0.25, 0.3) is 20.2 Å². The molecule has 0 saturated carbocycles. The third-order valence-corrected chi connectivity index (χ3v) is 6.51. The number of ether oxygens (including phenoxy) is 2. The molecule has 152 valence electrons. The molecule has 1 aliphatic rings. The molecule has 2 aromatic carbocycles. The molecule has 0 fully saturated rings. The molecule has 0 spiro atoms. The number of anilines is 1. The van der Waals surface area contributed by atoms with Gasteiger partial charge >= 0.3 is 0 Å². The van der Waals surface area contributed by atoms with Gasteiger partial charge in [-0.15, -0.1) is 11.3 Å². The molecular weight excluding hydrogens is 402 g/mol. The van der Waals surface area contributed by atoms with Crippen molar-refractivity contribution in [3.8, 4) is 11.5 Å². The van der Waals surface area contributed by atoms with Crippen LogP contribution in [-0.2, 0) is 4.79 Å². The van der Waals surface area contributed by atoms with Crippen LogP contribution in [0, 0.1) is 6.92 Å². The zero-order chi connectivity index (χ0) is 20.8. The van der Waals surface area contributed by atoms with Gasteiger partial charge in [-0.1, -0.05) is 25.1 Å². The molecule has 1 aliphatic heterocycles. The Morgan fingerprint density at radius 2 is 2.03 bits per heavy atom. The third-order valence-electron chi connectivity index (χ3n) is 5.23. The highest BCUT2D eigenvalue weighted by Crippen LogP contribution is 2.35. The van der Waals surface area contributed by atoms with Gasteiger partial charge in [0.05, 0.1) is 15.8 Å². The van der Waals surface area contributed by atoms with Gasteiger partial charge in [0, 0.05) is 21.8 Å². The summed E-state index contributed by atoms with van der Waals surface area (Å²) in [5, 5.41) is 8.89. The van der Waals surface area contributed by atoms with Gasteiger partial charge in [-0.2, -0.15) is 5.10 Å². The van der Waals surface area contributed by atoms with E-state index in [1.807, 2.05) is 38.1 Å². The molecule has 3 heterocycles. The summed E-state index contributed by atoms with van der Waals surface area (Å²) in [5.74, 6) is 0.922. The largest absolute Gasteiger partial charge is 0.454 e. The van der Waals surface area contributed by atoms with Gasteiger partial charge in [0.15, 0.2) is 11.5 Å². The normalized spacial score (nSPS) is 13.7. The van der Waals surface area contributed by atoms with Crippen LogP contribution in [0.4, 0.5) is 5.69 Å². The number of benzene rings is 2. The smallest absolute Gasteiger partial charge is 0.276 e. The van der Waals surface area contributed by atoms with Crippen LogP contribution in [0.5, 0.6) is 11.5 Å². The number of aryl methyl sites for hydroxylation is 1. The van der Waals surface area contributed by atoms with Gasteiger partial charge in [-0.25, -0.2) is 4.68 Å². The number of amides is 1. The average molecular weight is 421 g/mol. The summed E-state index contributed by atoms with van der Waals surface area (Å²) in [6.45, 7) is 3.90. The van der Waals surface area contributed by atoms with Crippen molar-refractivity contribution in [3.63, 3.8) is 0 Å². The van der Waals surface area contributed by atoms with Crippen molar-refractivity contribution in [2.75, 3.05) is 12.1 Å². The first-order chi connectivity index (χ1) is 14.6. The van der Waals surface area contributed by atoms with E-state index in [1.54, 1.807) is 29.5 Å². The first kappa shape index (κ1) is 18.6. The van der Waals surface area contributed by atoms with Gasteiger partial charge in [0.25, 0.3) is 5.56 Å². The molecule has 1 amide bonds. The fourth-order valence-electron chi connectivity index (χ4n) is 3.76. The van der Waals surface area contributed by atoms with Crippen LogP contribution < -0.4 is 20.3 Å². The van der Waals surface area contributed by atoms with E-state index in [9.17, 15) is 9.59 Å². The van der Waals surface area contributed by atoms with E-state index in [-0.39, 0.29) is 18.3 Å². The molecule has 0 bridgehead atoms. The first-order valence-corrected chi connectivity index (χ1v) is 10.5. The number of nitrogens with one attached hydrogen (secondary N) is 1. The van der Waals surface area contributed by atoms with E-state index >= 15 is 0 Å². The summed E-state index contributed by atoms with van der Waals surface area (Å²) in [4.78, 5) is 26.4. The van der Waals surface area contributed by atoms with Crippen molar-refractivity contribution in [3.05, 3.63) is 58.5 Å². The van der Waals surface area contributed by atoms with E-state index in [0.717, 1.165) is 20.5 Å². The number of thiophene rings is 1. The van der Waals surface area contributed by atoms with Crippen molar-refractivity contribution >= 4 is 43.1 Å². The maximum atomic E-state index is 13.4. The molecule has 5 rings (SSSR count). The monoisotopic (exact) mass is 421 g/mol. The van der Waals surface area contributed by atoms with Crippen molar-refractivity contribution in [2.45, 2.75) is 26.3 Å². The fraction of sp³-hybridized carbons (Fsp3) is 0.227. The minimum atomic E-state index is -0.732. The Labute approximate surface area is 175 Å². The molecule has 1 atom stereocenters. The Morgan fingerprint density at radius 1 is 1.23 bits per heavy atom. The maximum absolute atomic E-state index is 13.4. The third kappa shape index (κ3) is 2.91. The van der Waals surface area contributed by atoms with Gasteiger partial charge in [-0.3, -0.25) is 9.59 Å². The Bertz CT molecular complexity index is 1360. The highest BCUT2D eigenvalue weighted by Gasteiger charge is 2.25. The minimum Gasteiger partial charge on any atom is -0.454 e. The maximum Gasteiger partial charge on any atom is 0.276 e. The predicted octanol–water partition coefficient (Wildman–Crippen LogP) is 4.24. The number of hydrogen-bond donors (Lipinski definition) is 1. The number of carbonyl (C=O) groups excluding carboxylic acids is 1. The second-order valence-electron chi connectivity index (χ2n) is 7.12. The zero-order valence-corrected chi connectivity index (χ0v) is 17.3. The van der Waals surface area contributed by atoms with Crippen LogP contribution >= 0.6 is 11.3 Å². The summed E-state index contributed by atoms with van der Waals surface area (Å²) in [6, 6.07) is 12.3. The van der Waals surface area contributed by atoms with Crippen molar-refractivity contribution in [1.82, 2.24) is 9.78 Å². The van der Waals surface area contributed by atoms with E-state index in [1.165, 1.54) is 4.68 Å². The fourth-order valence-corrected chi connectivity index (χ4v) is 4.89. The second kappa shape index (κ2) is 7.14. The Balaban J connectivity index is 1.55. The molecule has 0 unspecified atom stereocenters. The molecule has 4 aromatic rings. The number of hydrogen-bond acceptors (Lipinski definition) is 6. The van der Waals surface area contributed by atoms with Gasteiger partial charge < -0.3 is 14.8 Å². The van der Waals surface area contributed by atoms with Crippen LogP contribution in [0.1, 0.15) is 25.1 Å². The van der Waals surface area contributed by atoms with Crippen LogP contribution in [0.3, 0.4) is 0 Å². The first-order valence-electron chi connectivity index (χ1n) is 9.68. The summed E-state index contributed by atoms with van der Waals surface area (Å²) in [6.07, 6.45) is 0.427.